The van der Waals surface area contributed by atoms with Gasteiger partial charge in [-0.2, -0.15) is 0 Å². The van der Waals surface area contributed by atoms with Gasteiger partial charge >= 0.3 is 0 Å². The minimum absolute atomic E-state index is 0.342. The molecular formula is C14H20N2O. The van der Waals surface area contributed by atoms with Gasteiger partial charge < -0.3 is 15.0 Å². The molecule has 3 nitrogen and oxygen atoms in total. The van der Waals surface area contributed by atoms with Gasteiger partial charge in [-0.1, -0.05) is 19.1 Å². The van der Waals surface area contributed by atoms with Crippen molar-refractivity contribution in [1.29, 1.82) is 0 Å². The molecule has 92 valence electrons. The third-order valence-corrected chi connectivity index (χ3v) is 2.99. The number of nitrogens with zero attached hydrogens (tertiary/aromatic N) is 1. The van der Waals surface area contributed by atoms with E-state index < -0.39 is 0 Å². The Labute approximate surface area is 102 Å². The molecule has 1 aromatic carbocycles. The first-order chi connectivity index (χ1) is 8.15. The van der Waals surface area contributed by atoms with Crippen LogP contribution in [-0.2, 0) is 6.54 Å². The van der Waals surface area contributed by atoms with Crippen molar-refractivity contribution < 1.29 is 5.11 Å². The lowest BCUT2D eigenvalue weighted by Gasteiger charge is -2.15. The largest absolute Gasteiger partial charge is 0.506 e. The van der Waals surface area contributed by atoms with Crippen LogP contribution in [0.2, 0.25) is 0 Å². The molecule has 0 radical (unpaired) electrons. The summed E-state index contributed by atoms with van der Waals surface area (Å²) < 4.78 is 2.20. The lowest BCUT2D eigenvalue weighted by atomic mass is 10.2. The van der Waals surface area contributed by atoms with Gasteiger partial charge in [-0.05, 0) is 32.5 Å². The molecule has 0 atom stereocenters. The van der Waals surface area contributed by atoms with Gasteiger partial charge in [0.05, 0.1) is 5.52 Å². The van der Waals surface area contributed by atoms with E-state index in [0.717, 1.165) is 24.0 Å². The zero-order valence-corrected chi connectivity index (χ0v) is 10.7. The van der Waals surface area contributed by atoms with Crippen LogP contribution in [-0.4, -0.2) is 16.2 Å². The second-order valence-corrected chi connectivity index (χ2v) is 4.59. The third-order valence-electron chi connectivity index (χ3n) is 2.99. The normalized spacial score (nSPS) is 11.5. The van der Waals surface area contributed by atoms with Gasteiger partial charge in [-0.25, -0.2) is 0 Å². The molecule has 0 aliphatic carbocycles. The van der Waals surface area contributed by atoms with Crippen molar-refractivity contribution in [3.05, 3.63) is 30.0 Å². The van der Waals surface area contributed by atoms with Crippen LogP contribution in [0.15, 0.2) is 24.3 Å². The van der Waals surface area contributed by atoms with E-state index in [1.54, 1.807) is 6.07 Å². The fourth-order valence-corrected chi connectivity index (χ4v) is 2.30. The fraction of sp³-hybridized carbons (Fsp3) is 0.429. The van der Waals surface area contributed by atoms with E-state index in [1.165, 1.54) is 5.69 Å². The number of benzene rings is 1. The molecule has 0 unspecified atom stereocenters. The Bertz CT molecular complexity index is 514. The second-order valence-electron chi connectivity index (χ2n) is 4.59. The Morgan fingerprint density at radius 2 is 2.12 bits per heavy atom. The number of fused-ring (bicyclic) bond motifs is 1. The van der Waals surface area contributed by atoms with Crippen LogP contribution in [0.3, 0.4) is 0 Å². The fourth-order valence-electron chi connectivity index (χ4n) is 2.30. The monoisotopic (exact) mass is 232 g/mol. The number of rotatable bonds is 4. The third kappa shape index (κ3) is 2.15. The summed E-state index contributed by atoms with van der Waals surface area (Å²) in [6.07, 6.45) is 0. The molecule has 2 rings (SSSR count). The van der Waals surface area contributed by atoms with Gasteiger partial charge in [-0.3, -0.25) is 0 Å². The standard InChI is InChI=1S/C14H20N2O/c1-4-15-9-12-8-11-6-5-7-13(17)14(11)16(12)10(2)3/h5-8,10,15,17H,4,9H2,1-3H3. The zero-order valence-electron chi connectivity index (χ0n) is 10.7. The Hall–Kier alpha value is -1.48. The quantitative estimate of drug-likeness (QED) is 0.850. The van der Waals surface area contributed by atoms with Crippen molar-refractivity contribution in [2.75, 3.05) is 6.54 Å². The maximum atomic E-state index is 10.00. The highest BCUT2D eigenvalue weighted by Crippen LogP contribution is 2.30. The highest BCUT2D eigenvalue weighted by Gasteiger charge is 2.13. The van der Waals surface area contributed by atoms with Crippen molar-refractivity contribution in [3.63, 3.8) is 0 Å². The molecule has 0 bridgehead atoms. The van der Waals surface area contributed by atoms with E-state index in [0.29, 0.717) is 11.8 Å². The summed E-state index contributed by atoms with van der Waals surface area (Å²) in [7, 11) is 0. The number of aromatic nitrogens is 1. The molecule has 0 fully saturated rings. The van der Waals surface area contributed by atoms with Gasteiger partial charge in [0.1, 0.15) is 5.75 Å². The minimum Gasteiger partial charge on any atom is -0.506 e. The molecule has 0 saturated heterocycles. The summed E-state index contributed by atoms with van der Waals surface area (Å²) in [5.41, 5.74) is 2.16. The highest BCUT2D eigenvalue weighted by atomic mass is 16.3. The van der Waals surface area contributed by atoms with E-state index in [9.17, 15) is 5.11 Å². The summed E-state index contributed by atoms with van der Waals surface area (Å²) in [5, 5.41) is 14.4. The van der Waals surface area contributed by atoms with Crippen LogP contribution in [0.5, 0.6) is 5.75 Å². The molecule has 17 heavy (non-hydrogen) atoms. The number of phenolic OH excluding ortho intramolecular Hbond substituents is 1. The number of aromatic hydroxyl groups is 1. The summed E-state index contributed by atoms with van der Waals surface area (Å²) in [6.45, 7) is 8.16. The van der Waals surface area contributed by atoms with Crippen LogP contribution >= 0.6 is 0 Å². The first kappa shape index (κ1) is 12.0. The van der Waals surface area contributed by atoms with Crippen LogP contribution in [0.4, 0.5) is 0 Å². The second kappa shape index (κ2) is 4.80. The first-order valence-electron chi connectivity index (χ1n) is 6.17. The molecule has 1 heterocycles. The predicted octanol–water partition coefficient (Wildman–Crippen LogP) is 3.04. The molecule has 2 aromatic rings. The molecule has 3 heteroatoms. The van der Waals surface area contributed by atoms with Gasteiger partial charge in [0.15, 0.2) is 0 Å². The molecule has 1 aromatic heterocycles. The van der Waals surface area contributed by atoms with E-state index in [-0.39, 0.29) is 0 Å². The minimum atomic E-state index is 0.342. The molecule has 2 N–H and O–H groups in total. The topological polar surface area (TPSA) is 37.2 Å². The highest BCUT2D eigenvalue weighted by molar-refractivity contribution is 5.86. The van der Waals surface area contributed by atoms with E-state index in [1.807, 2.05) is 12.1 Å². The summed E-state index contributed by atoms with van der Waals surface area (Å²) in [5.74, 6) is 0.360. The van der Waals surface area contributed by atoms with Crippen LogP contribution < -0.4 is 5.32 Å². The zero-order chi connectivity index (χ0) is 12.4. The Balaban J connectivity index is 2.59. The number of hydrogen-bond donors (Lipinski definition) is 2. The number of phenols is 1. The van der Waals surface area contributed by atoms with Crippen molar-refractivity contribution in [1.82, 2.24) is 9.88 Å². The van der Waals surface area contributed by atoms with Crippen LogP contribution in [0.25, 0.3) is 10.9 Å². The predicted molar refractivity (Wildman–Crippen MR) is 71.4 cm³/mol. The van der Waals surface area contributed by atoms with Gasteiger partial charge in [-0.15, -0.1) is 0 Å². The Morgan fingerprint density at radius 1 is 1.35 bits per heavy atom. The lowest BCUT2D eigenvalue weighted by Crippen LogP contribution is -2.16. The summed E-state index contributed by atoms with van der Waals surface area (Å²) in [4.78, 5) is 0. The van der Waals surface area contributed by atoms with E-state index in [4.69, 9.17) is 0 Å². The molecule has 0 aliphatic heterocycles. The van der Waals surface area contributed by atoms with Gasteiger partial charge in [0, 0.05) is 23.7 Å². The number of para-hydroxylation sites is 1. The summed E-state index contributed by atoms with van der Waals surface area (Å²) in [6, 6.07) is 8.17. The van der Waals surface area contributed by atoms with Crippen molar-refractivity contribution >= 4 is 10.9 Å². The van der Waals surface area contributed by atoms with Gasteiger partial charge in [0.25, 0.3) is 0 Å². The van der Waals surface area contributed by atoms with E-state index >= 15 is 0 Å². The first-order valence-corrected chi connectivity index (χ1v) is 6.17. The Morgan fingerprint density at radius 3 is 2.76 bits per heavy atom. The maximum Gasteiger partial charge on any atom is 0.139 e. The summed E-state index contributed by atoms with van der Waals surface area (Å²) >= 11 is 0. The van der Waals surface area contributed by atoms with Crippen molar-refractivity contribution in [2.45, 2.75) is 33.4 Å². The molecule has 0 amide bonds. The number of hydrogen-bond acceptors (Lipinski definition) is 2. The molecule has 0 aliphatic rings. The SMILES string of the molecule is CCNCc1cc2cccc(O)c2n1C(C)C. The van der Waals surface area contributed by atoms with Crippen LogP contribution in [0.1, 0.15) is 32.5 Å². The molecule has 0 saturated carbocycles. The van der Waals surface area contributed by atoms with Crippen molar-refractivity contribution in [3.8, 4) is 5.75 Å². The molecule has 0 spiro atoms. The smallest absolute Gasteiger partial charge is 0.139 e. The molecular weight excluding hydrogens is 212 g/mol. The average molecular weight is 232 g/mol. The van der Waals surface area contributed by atoms with E-state index in [2.05, 4.69) is 36.7 Å². The van der Waals surface area contributed by atoms with Crippen molar-refractivity contribution in [2.24, 2.45) is 0 Å². The number of nitrogens with one attached hydrogen (secondary N) is 1. The van der Waals surface area contributed by atoms with Crippen LogP contribution in [0, 0.1) is 0 Å². The Kier molecular flexibility index (Phi) is 3.38. The average Bonchev–Trinajstić information content (AvgIpc) is 2.66. The lowest BCUT2D eigenvalue weighted by molar-refractivity contribution is 0.473. The van der Waals surface area contributed by atoms with Gasteiger partial charge in [0.2, 0.25) is 0 Å². The maximum absolute atomic E-state index is 10.00.